The standard InChI is InChI=1S/C17H25F2NO/c1-3-21-17(10-6-4-5-7-11-17)16(20-2)13-8-9-14(18)15(19)12-13/h8-9,12,16,20H,3-7,10-11H2,1-2H3. The lowest BCUT2D eigenvalue weighted by molar-refractivity contribution is -0.0767. The molecular weight excluding hydrogens is 272 g/mol. The molecule has 21 heavy (non-hydrogen) atoms. The van der Waals surface area contributed by atoms with E-state index in [1.54, 1.807) is 6.07 Å². The summed E-state index contributed by atoms with van der Waals surface area (Å²) in [6.07, 6.45) is 6.55. The highest BCUT2D eigenvalue weighted by Gasteiger charge is 2.40. The van der Waals surface area contributed by atoms with Crippen molar-refractivity contribution in [3.05, 3.63) is 35.4 Å². The lowest BCUT2D eigenvalue weighted by Crippen LogP contribution is -2.45. The fourth-order valence-electron chi connectivity index (χ4n) is 3.56. The lowest BCUT2D eigenvalue weighted by atomic mass is 9.82. The van der Waals surface area contributed by atoms with E-state index in [0.29, 0.717) is 6.61 Å². The number of hydrogen-bond acceptors (Lipinski definition) is 2. The molecule has 1 atom stereocenters. The Kier molecular flexibility index (Phi) is 5.71. The first-order chi connectivity index (χ1) is 10.1. The quantitative estimate of drug-likeness (QED) is 0.816. The predicted octanol–water partition coefficient (Wildman–Crippen LogP) is 4.35. The average Bonchev–Trinajstić information content (AvgIpc) is 2.70. The average molecular weight is 297 g/mol. The minimum absolute atomic E-state index is 0.120. The van der Waals surface area contributed by atoms with Crippen molar-refractivity contribution in [2.24, 2.45) is 0 Å². The summed E-state index contributed by atoms with van der Waals surface area (Å²) in [5, 5.41) is 3.27. The third-order valence-electron chi connectivity index (χ3n) is 4.47. The molecule has 1 aliphatic rings. The van der Waals surface area contributed by atoms with Crippen molar-refractivity contribution < 1.29 is 13.5 Å². The molecule has 1 saturated carbocycles. The predicted molar refractivity (Wildman–Crippen MR) is 80.2 cm³/mol. The number of ether oxygens (including phenoxy) is 1. The van der Waals surface area contributed by atoms with Crippen LogP contribution in [0.3, 0.4) is 0 Å². The summed E-state index contributed by atoms with van der Waals surface area (Å²) in [5.41, 5.74) is 0.427. The number of nitrogens with one attached hydrogen (secondary N) is 1. The Labute approximate surface area is 125 Å². The molecule has 0 amide bonds. The van der Waals surface area contributed by atoms with Crippen molar-refractivity contribution in [2.75, 3.05) is 13.7 Å². The number of halogens is 2. The number of rotatable bonds is 5. The highest BCUT2D eigenvalue weighted by Crippen LogP contribution is 2.40. The van der Waals surface area contributed by atoms with Crippen LogP contribution in [0, 0.1) is 11.6 Å². The van der Waals surface area contributed by atoms with Gasteiger partial charge in [-0.05, 0) is 44.5 Å². The summed E-state index contributed by atoms with van der Waals surface area (Å²) >= 11 is 0. The molecule has 0 aliphatic heterocycles. The van der Waals surface area contributed by atoms with Crippen molar-refractivity contribution >= 4 is 0 Å². The van der Waals surface area contributed by atoms with Crippen LogP contribution in [0.5, 0.6) is 0 Å². The van der Waals surface area contributed by atoms with Gasteiger partial charge in [0.05, 0.1) is 11.6 Å². The van der Waals surface area contributed by atoms with E-state index in [-0.39, 0.29) is 11.6 Å². The van der Waals surface area contributed by atoms with Gasteiger partial charge in [0, 0.05) is 6.61 Å². The molecule has 1 N–H and O–H groups in total. The highest BCUT2D eigenvalue weighted by atomic mass is 19.2. The second-order valence-electron chi connectivity index (χ2n) is 5.81. The third kappa shape index (κ3) is 3.61. The van der Waals surface area contributed by atoms with Gasteiger partial charge in [0.1, 0.15) is 0 Å². The molecule has 0 saturated heterocycles. The summed E-state index contributed by atoms with van der Waals surface area (Å²) in [6, 6.07) is 4.03. The van der Waals surface area contributed by atoms with E-state index in [0.717, 1.165) is 31.2 Å². The molecule has 1 fully saturated rings. The Morgan fingerprint density at radius 2 is 1.81 bits per heavy atom. The van der Waals surface area contributed by atoms with Crippen LogP contribution in [0.2, 0.25) is 0 Å². The van der Waals surface area contributed by atoms with Crippen molar-refractivity contribution in [3.63, 3.8) is 0 Å². The zero-order valence-corrected chi connectivity index (χ0v) is 12.9. The molecule has 0 radical (unpaired) electrons. The topological polar surface area (TPSA) is 21.3 Å². The molecule has 2 nitrogen and oxygen atoms in total. The van der Waals surface area contributed by atoms with E-state index in [9.17, 15) is 8.78 Å². The monoisotopic (exact) mass is 297 g/mol. The molecule has 1 aliphatic carbocycles. The van der Waals surface area contributed by atoms with E-state index in [2.05, 4.69) is 5.32 Å². The molecule has 0 aromatic heterocycles. The van der Waals surface area contributed by atoms with Crippen molar-refractivity contribution in [3.8, 4) is 0 Å². The first kappa shape index (κ1) is 16.4. The molecule has 2 rings (SSSR count). The van der Waals surface area contributed by atoms with Crippen LogP contribution < -0.4 is 5.32 Å². The van der Waals surface area contributed by atoms with Crippen LogP contribution in [0.15, 0.2) is 18.2 Å². The Balaban J connectivity index is 2.36. The van der Waals surface area contributed by atoms with Gasteiger partial charge >= 0.3 is 0 Å². The van der Waals surface area contributed by atoms with Gasteiger partial charge in [-0.25, -0.2) is 8.78 Å². The van der Waals surface area contributed by atoms with Crippen LogP contribution in [-0.4, -0.2) is 19.3 Å². The van der Waals surface area contributed by atoms with Crippen molar-refractivity contribution in [2.45, 2.75) is 57.1 Å². The fourth-order valence-corrected chi connectivity index (χ4v) is 3.56. The van der Waals surface area contributed by atoms with Crippen molar-refractivity contribution in [1.29, 1.82) is 0 Å². The summed E-state index contributed by atoms with van der Waals surface area (Å²) in [6.45, 7) is 2.62. The van der Waals surface area contributed by atoms with Gasteiger partial charge in [-0.15, -0.1) is 0 Å². The van der Waals surface area contributed by atoms with E-state index < -0.39 is 11.6 Å². The Hall–Kier alpha value is -1.00. The molecule has 1 aromatic rings. The first-order valence-electron chi connectivity index (χ1n) is 7.89. The lowest BCUT2D eigenvalue weighted by Gasteiger charge is -2.40. The molecule has 1 unspecified atom stereocenters. The van der Waals surface area contributed by atoms with Gasteiger partial charge in [0.25, 0.3) is 0 Å². The van der Waals surface area contributed by atoms with Crippen LogP contribution >= 0.6 is 0 Å². The largest absolute Gasteiger partial charge is 0.373 e. The summed E-state index contributed by atoms with van der Waals surface area (Å²) in [7, 11) is 1.86. The second kappa shape index (κ2) is 7.32. The van der Waals surface area contributed by atoms with Crippen LogP contribution in [0.4, 0.5) is 8.78 Å². The Bertz CT molecular complexity index is 456. The maximum atomic E-state index is 13.6. The van der Waals surface area contributed by atoms with Crippen LogP contribution in [0.1, 0.15) is 57.1 Å². The third-order valence-corrected chi connectivity index (χ3v) is 4.47. The van der Waals surface area contributed by atoms with E-state index >= 15 is 0 Å². The number of likely N-dealkylation sites (N-methyl/N-ethyl adjacent to an activating group) is 1. The summed E-state index contributed by atoms with van der Waals surface area (Å²) < 4.78 is 32.9. The van der Waals surface area contributed by atoms with Gasteiger partial charge in [0.2, 0.25) is 0 Å². The second-order valence-corrected chi connectivity index (χ2v) is 5.81. The maximum absolute atomic E-state index is 13.6. The zero-order chi connectivity index (χ0) is 15.3. The molecule has 4 heteroatoms. The minimum atomic E-state index is -0.806. The van der Waals surface area contributed by atoms with Crippen LogP contribution in [-0.2, 0) is 4.74 Å². The molecular formula is C17H25F2NO. The normalized spacial score (nSPS) is 20.0. The molecule has 118 valence electrons. The summed E-state index contributed by atoms with van der Waals surface area (Å²) in [5.74, 6) is -1.60. The zero-order valence-electron chi connectivity index (χ0n) is 12.9. The van der Waals surface area contributed by atoms with Gasteiger partial charge < -0.3 is 10.1 Å². The molecule has 0 heterocycles. The smallest absolute Gasteiger partial charge is 0.159 e. The van der Waals surface area contributed by atoms with Gasteiger partial charge in [0.15, 0.2) is 11.6 Å². The highest BCUT2D eigenvalue weighted by molar-refractivity contribution is 5.24. The van der Waals surface area contributed by atoms with Gasteiger partial charge in [-0.2, -0.15) is 0 Å². The Morgan fingerprint density at radius 3 is 2.33 bits per heavy atom. The van der Waals surface area contributed by atoms with Gasteiger partial charge in [-0.3, -0.25) is 0 Å². The number of benzene rings is 1. The minimum Gasteiger partial charge on any atom is -0.373 e. The van der Waals surface area contributed by atoms with E-state index in [1.165, 1.54) is 25.0 Å². The fraction of sp³-hybridized carbons (Fsp3) is 0.647. The van der Waals surface area contributed by atoms with Gasteiger partial charge in [-0.1, -0.05) is 31.7 Å². The van der Waals surface area contributed by atoms with E-state index in [4.69, 9.17) is 4.74 Å². The first-order valence-corrected chi connectivity index (χ1v) is 7.89. The summed E-state index contributed by atoms with van der Waals surface area (Å²) in [4.78, 5) is 0. The van der Waals surface area contributed by atoms with Crippen LogP contribution in [0.25, 0.3) is 0 Å². The Morgan fingerprint density at radius 1 is 1.14 bits per heavy atom. The number of hydrogen-bond donors (Lipinski definition) is 1. The molecule has 0 bridgehead atoms. The molecule has 1 aromatic carbocycles. The maximum Gasteiger partial charge on any atom is 0.159 e. The SMILES string of the molecule is CCOC1(C(NC)c2ccc(F)c(F)c2)CCCCCC1. The van der Waals surface area contributed by atoms with E-state index in [1.807, 2.05) is 14.0 Å². The molecule has 0 spiro atoms. The van der Waals surface area contributed by atoms with Crippen molar-refractivity contribution in [1.82, 2.24) is 5.32 Å².